The van der Waals surface area contributed by atoms with Crippen LogP contribution in [0.1, 0.15) is 73.0 Å². The quantitative estimate of drug-likeness (QED) is 0.140. The van der Waals surface area contributed by atoms with Crippen molar-refractivity contribution in [2.75, 3.05) is 0 Å². The number of hydrogen-bond acceptors (Lipinski definition) is 0. The van der Waals surface area contributed by atoms with Gasteiger partial charge in [0.25, 0.3) is 0 Å². The molecule has 10 rings (SSSR count). The van der Waals surface area contributed by atoms with Gasteiger partial charge in [-0.3, -0.25) is 0 Å². The molecule has 8 aromatic rings. The van der Waals surface area contributed by atoms with Crippen molar-refractivity contribution in [3.8, 4) is 11.1 Å². The second-order valence-corrected chi connectivity index (χ2v) is 15.2. The van der Waals surface area contributed by atoms with E-state index in [-0.39, 0.29) is 11.8 Å². The third kappa shape index (κ3) is 5.77. The lowest BCUT2D eigenvalue weighted by Gasteiger charge is -2.48. The first-order chi connectivity index (χ1) is 27.3. The molecule has 0 nitrogen and oxygen atoms in total. The molecule has 0 bridgehead atoms. The van der Waals surface area contributed by atoms with Gasteiger partial charge in [-0.05, 0) is 90.7 Å². The van der Waals surface area contributed by atoms with E-state index in [2.05, 4.69) is 218 Å². The molecule has 0 heterocycles. The largest absolute Gasteiger partial charge is 0.0622 e. The molecule has 2 aliphatic rings. The Kier molecular flexibility index (Phi) is 8.45. The molecule has 0 radical (unpaired) electrons. The molecule has 0 aromatic heterocycles. The van der Waals surface area contributed by atoms with Gasteiger partial charge in [0.2, 0.25) is 0 Å². The minimum absolute atomic E-state index is 0.0111. The van der Waals surface area contributed by atoms with Crippen LogP contribution in [-0.2, 0) is 18.3 Å². The lowest BCUT2D eigenvalue weighted by molar-refractivity contribution is 0.423. The molecule has 0 saturated carbocycles. The fourth-order valence-corrected chi connectivity index (χ4v) is 9.86. The summed E-state index contributed by atoms with van der Waals surface area (Å²) in [6.07, 6.45) is 4.26. The third-order valence-electron chi connectivity index (χ3n) is 12.1. The van der Waals surface area contributed by atoms with Gasteiger partial charge >= 0.3 is 0 Å². The molecule has 262 valence electrons. The zero-order valence-corrected chi connectivity index (χ0v) is 30.9. The van der Waals surface area contributed by atoms with E-state index in [1.165, 1.54) is 77.9 Å². The van der Waals surface area contributed by atoms with E-state index in [1.54, 1.807) is 0 Å². The standard InChI is InChI=1S/C55H42/c1-6-18-39(19-7-1)34-41-30-32-48-49-33-31-42(35-40-20-8-2-9-21-40)37-52(49)54(51(48)36-41)55(45-25-12-4-13-26-45,46-27-14-5-15-28-46)53-47-29-17-16-24-44(47)38-50(53)43-22-10-3-11-23-43/h1-33,36-38,53-54H,34-35H2. The highest BCUT2D eigenvalue weighted by molar-refractivity contribution is 5.94. The van der Waals surface area contributed by atoms with Gasteiger partial charge < -0.3 is 0 Å². The fraction of sp³-hybridized carbons (Fsp3) is 0.0909. The molecular formula is C55H42. The van der Waals surface area contributed by atoms with Crippen molar-refractivity contribution < 1.29 is 0 Å². The summed E-state index contributed by atoms with van der Waals surface area (Å²) in [5.41, 5.74) is 18.3. The fourth-order valence-electron chi connectivity index (χ4n) is 9.86. The summed E-state index contributed by atoms with van der Waals surface area (Å²) in [6.45, 7) is 0. The molecule has 0 aliphatic heterocycles. The first-order valence-electron chi connectivity index (χ1n) is 19.6. The number of allylic oxidation sites excluding steroid dienone is 1. The summed E-state index contributed by atoms with van der Waals surface area (Å²) < 4.78 is 0. The van der Waals surface area contributed by atoms with E-state index in [9.17, 15) is 0 Å². The molecule has 8 aromatic carbocycles. The molecule has 55 heavy (non-hydrogen) atoms. The van der Waals surface area contributed by atoms with Crippen molar-refractivity contribution in [2.45, 2.75) is 30.1 Å². The average Bonchev–Trinajstić information content (AvgIpc) is 3.80. The van der Waals surface area contributed by atoms with Crippen LogP contribution in [0.2, 0.25) is 0 Å². The van der Waals surface area contributed by atoms with Crippen molar-refractivity contribution >= 4 is 11.6 Å². The minimum Gasteiger partial charge on any atom is -0.0622 e. The predicted octanol–water partition coefficient (Wildman–Crippen LogP) is 13.3. The van der Waals surface area contributed by atoms with Gasteiger partial charge in [0.1, 0.15) is 0 Å². The number of benzene rings is 8. The zero-order chi connectivity index (χ0) is 36.6. The first-order valence-corrected chi connectivity index (χ1v) is 19.6. The molecule has 0 heteroatoms. The summed E-state index contributed by atoms with van der Waals surface area (Å²) in [6, 6.07) is 79.7. The second-order valence-electron chi connectivity index (χ2n) is 15.2. The van der Waals surface area contributed by atoms with Gasteiger partial charge in [-0.15, -0.1) is 0 Å². The van der Waals surface area contributed by atoms with E-state index in [4.69, 9.17) is 0 Å². The molecular weight excluding hydrogens is 661 g/mol. The van der Waals surface area contributed by atoms with E-state index in [0.29, 0.717) is 0 Å². The summed E-state index contributed by atoms with van der Waals surface area (Å²) in [7, 11) is 0. The maximum atomic E-state index is 2.55. The number of rotatable bonds is 9. The normalized spacial score (nSPS) is 14.5. The number of fused-ring (bicyclic) bond motifs is 4. The topological polar surface area (TPSA) is 0 Å². The highest BCUT2D eigenvalue weighted by Crippen LogP contribution is 2.65. The maximum absolute atomic E-state index is 2.55. The molecule has 0 fully saturated rings. The van der Waals surface area contributed by atoms with Gasteiger partial charge in [-0.25, -0.2) is 0 Å². The highest BCUT2D eigenvalue weighted by atomic mass is 14.6. The van der Waals surface area contributed by atoms with Crippen molar-refractivity contribution in [1.82, 2.24) is 0 Å². The second kappa shape index (κ2) is 14.0. The van der Waals surface area contributed by atoms with E-state index >= 15 is 0 Å². The highest BCUT2D eigenvalue weighted by Gasteiger charge is 2.55. The van der Waals surface area contributed by atoms with Crippen LogP contribution < -0.4 is 0 Å². The molecule has 0 amide bonds. The Morgan fingerprint density at radius 3 is 1.29 bits per heavy atom. The molecule has 0 spiro atoms. The van der Waals surface area contributed by atoms with Crippen LogP contribution in [0.5, 0.6) is 0 Å². The van der Waals surface area contributed by atoms with Gasteiger partial charge in [0.15, 0.2) is 0 Å². The van der Waals surface area contributed by atoms with Crippen molar-refractivity contribution in [1.29, 1.82) is 0 Å². The van der Waals surface area contributed by atoms with Crippen LogP contribution in [0.15, 0.2) is 212 Å². The Labute approximate surface area is 325 Å². The first kappa shape index (κ1) is 33.1. The lowest BCUT2D eigenvalue weighted by Crippen LogP contribution is -2.41. The smallest absolute Gasteiger partial charge is 0.0421 e. The maximum Gasteiger partial charge on any atom is 0.0421 e. The van der Waals surface area contributed by atoms with Crippen molar-refractivity contribution in [3.63, 3.8) is 0 Å². The summed E-state index contributed by atoms with van der Waals surface area (Å²) in [5.74, 6) is 0.0345. The van der Waals surface area contributed by atoms with Gasteiger partial charge in [-0.1, -0.05) is 218 Å². The van der Waals surface area contributed by atoms with Crippen LogP contribution in [0.25, 0.3) is 22.8 Å². The van der Waals surface area contributed by atoms with E-state index < -0.39 is 5.41 Å². The lowest BCUT2D eigenvalue weighted by atomic mass is 9.53. The van der Waals surface area contributed by atoms with Crippen LogP contribution in [0.4, 0.5) is 0 Å². The van der Waals surface area contributed by atoms with Crippen molar-refractivity contribution in [2.24, 2.45) is 0 Å². The Bertz CT molecular complexity index is 2490. The summed E-state index contributed by atoms with van der Waals surface area (Å²) >= 11 is 0. The predicted molar refractivity (Wildman–Crippen MR) is 229 cm³/mol. The summed E-state index contributed by atoms with van der Waals surface area (Å²) in [5, 5.41) is 0. The van der Waals surface area contributed by atoms with E-state index in [1.807, 2.05) is 0 Å². The van der Waals surface area contributed by atoms with Crippen LogP contribution in [0, 0.1) is 0 Å². The molecule has 1 unspecified atom stereocenters. The SMILES string of the molecule is C1=C(c2ccccc2)C(C(c2ccccc2)(c2ccccc2)C2c3cc(Cc4ccccc4)ccc3-c3ccc(Cc4ccccc4)cc32)c2ccccc21. The van der Waals surface area contributed by atoms with Crippen LogP contribution >= 0.6 is 0 Å². The van der Waals surface area contributed by atoms with Gasteiger partial charge in [-0.2, -0.15) is 0 Å². The zero-order valence-electron chi connectivity index (χ0n) is 30.9. The monoisotopic (exact) mass is 702 g/mol. The Hall–Kier alpha value is -6.50. The van der Waals surface area contributed by atoms with E-state index in [0.717, 1.165) is 12.8 Å². The minimum atomic E-state index is -0.520. The van der Waals surface area contributed by atoms with Crippen LogP contribution in [0.3, 0.4) is 0 Å². The Morgan fingerprint density at radius 1 is 0.345 bits per heavy atom. The molecule has 0 N–H and O–H groups in total. The van der Waals surface area contributed by atoms with Crippen molar-refractivity contribution in [3.05, 3.63) is 274 Å². The average molecular weight is 703 g/mol. The third-order valence-corrected chi connectivity index (χ3v) is 12.1. The summed E-state index contributed by atoms with van der Waals surface area (Å²) in [4.78, 5) is 0. The molecule has 0 saturated heterocycles. The number of hydrogen-bond donors (Lipinski definition) is 0. The Balaban J connectivity index is 1.30. The molecule has 1 atom stereocenters. The van der Waals surface area contributed by atoms with Crippen LogP contribution in [-0.4, -0.2) is 0 Å². The Morgan fingerprint density at radius 2 is 0.782 bits per heavy atom. The molecule has 2 aliphatic carbocycles. The van der Waals surface area contributed by atoms with Gasteiger partial charge in [0.05, 0.1) is 0 Å². The van der Waals surface area contributed by atoms with Gasteiger partial charge in [0, 0.05) is 17.3 Å².